The zero-order chi connectivity index (χ0) is 20.1. The summed E-state index contributed by atoms with van der Waals surface area (Å²) in [7, 11) is 0. The van der Waals surface area contributed by atoms with Crippen molar-refractivity contribution in [2.24, 2.45) is 5.41 Å². The molecule has 0 aliphatic carbocycles. The van der Waals surface area contributed by atoms with Gasteiger partial charge in [-0.05, 0) is 39.2 Å². The van der Waals surface area contributed by atoms with Crippen LogP contribution in [-0.4, -0.2) is 25.0 Å². The first-order chi connectivity index (χ1) is 13.0. The second kappa shape index (κ2) is 12.0. The summed E-state index contributed by atoms with van der Waals surface area (Å²) < 4.78 is 10.9. The summed E-state index contributed by atoms with van der Waals surface area (Å²) in [6.45, 7) is 9.57. The number of hydrogen-bond donors (Lipinski definition) is 0. The Morgan fingerprint density at radius 1 is 1.22 bits per heavy atom. The lowest BCUT2D eigenvalue weighted by molar-refractivity contribution is -0.161. The van der Waals surface area contributed by atoms with E-state index in [1.54, 1.807) is 25.2 Å². The molecule has 1 rings (SSSR count). The first kappa shape index (κ1) is 22.6. The topological polar surface area (TPSA) is 52.6 Å². The Kier molecular flexibility index (Phi) is 10.1. The molecule has 1 atom stereocenters. The van der Waals surface area contributed by atoms with Gasteiger partial charge in [0.25, 0.3) is 0 Å². The van der Waals surface area contributed by atoms with Crippen LogP contribution in [-0.2, 0) is 25.7 Å². The second-order valence-corrected chi connectivity index (χ2v) is 6.38. The highest BCUT2D eigenvalue weighted by molar-refractivity contribution is 6.05. The van der Waals surface area contributed by atoms with E-state index in [2.05, 4.69) is 6.58 Å². The monoisotopic (exact) mass is 370 g/mol. The Morgan fingerprint density at radius 3 is 2.52 bits per heavy atom. The van der Waals surface area contributed by atoms with Crippen molar-refractivity contribution in [2.75, 3.05) is 13.2 Å². The van der Waals surface area contributed by atoms with Crippen LogP contribution in [0.2, 0.25) is 0 Å². The molecular weight excluding hydrogens is 340 g/mol. The molecular formula is C23H30O4. The third-order valence-corrected chi connectivity index (χ3v) is 4.36. The quantitative estimate of drug-likeness (QED) is 0.229. The van der Waals surface area contributed by atoms with Crippen molar-refractivity contribution in [2.45, 2.75) is 40.2 Å². The number of carbonyl (C=O) groups is 2. The fraction of sp³-hybridized carbons (Fsp3) is 0.391. The Bertz CT molecular complexity index is 673. The molecule has 27 heavy (non-hydrogen) atoms. The van der Waals surface area contributed by atoms with E-state index in [1.165, 1.54) is 0 Å². The summed E-state index contributed by atoms with van der Waals surface area (Å²) in [6, 6.07) is 9.61. The number of rotatable bonds is 12. The number of carbonyl (C=O) groups excluding carboxylic acids is 2. The third kappa shape index (κ3) is 6.99. The van der Waals surface area contributed by atoms with Crippen LogP contribution in [0.4, 0.5) is 0 Å². The molecule has 0 saturated carbocycles. The fourth-order valence-corrected chi connectivity index (χ4v) is 2.74. The molecule has 0 aliphatic rings. The van der Waals surface area contributed by atoms with Gasteiger partial charge in [-0.2, -0.15) is 0 Å². The van der Waals surface area contributed by atoms with Crippen LogP contribution in [0, 0.1) is 5.41 Å². The molecule has 0 aromatic heterocycles. The van der Waals surface area contributed by atoms with Gasteiger partial charge in [-0.15, -0.1) is 0 Å². The van der Waals surface area contributed by atoms with Gasteiger partial charge < -0.3 is 9.47 Å². The van der Waals surface area contributed by atoms with Gasteiger partial charge in [0.05, 0.1) is 13.2 Å². The van der Waals surface area contributed by atoms with Crippen LogP contribution in [0.3, 0.4) is 0 Å². The van der Waals surface area contributed by atoms with E-state index in [0.29, 0.717) is 13.0 Å². The van der Waals surface area contributed by atoms with Gasteiger partial charge in [0.15, 0.2) is 5.78 Å². The standard InChI is InChI=1S/C23H30O4/c1-5-8-12-15-23(16-19(4)6-2,22(25)27-7-3)21(24)18-26-17-20-13-10-9-11-14-20/h5-6,8-14H,1,7,15-18H2,2-4H3/b12-8+,19-6+. The third-order valence-electron chi connectivity index (χ3n) is 4.36. The Morgan fingerprint density at radius 2 is 1.93 bits per heavy atom. The fourth-order valence-electron chi connectivity index (χ4n) is 2.74. The first-order valence-electron chi connectivity index (χ1n) is 9.21. The van der Waals surface area contributed by atoms with Gasteiger partial charge in [0, 0.05) is 0 Å². The van der Waals surface area contributed by atoms with Gasteiger partial charge in [0.2, 0.25) is 0 Å². The molecule has 4 heteroatoms. The van der Waals surface area contributed by atoms with Crippen LogP contribution in [0.25, 0.3) is 0 Å². The summed E-state index contributed by atoms with van der Waals surface area (Å²) in [5.41, 5.74) is 0.637. The minimum Gasteiger partial charge on any atom is -0.465 e. The van der Waals surface area contributed by atoms with Crippen LogP contribution in [0.15, 0.2) is 66.8 Å². The number of esters is 1. The average molecular weight is 370 g/mol. The maximum absolute atomic E-state index is 13.1. The molecule has 0 aliphatic heterocycles. The smallest absolute Gasteiger partial charge is 0.320 e. The molecule has 0 fully saturated rings. The largest absolute Gasteiger partial charge is 0.465 e. The van der Waals surface area contributed by atoms with Gasteiger partial charge >= 0.3 is 5.97 Å². The van der Waals surface area contributed by atoms with E-state index in [1.807, 2.05) is 50.3 Å². The van der Waals surface area contributed by atoms with E-state index < -0.39 is 11.4 Å². The normalized spacial score (nSPS) is 14.0. The van der Waals surface area contributed by atoms with Crippen molar-refractivity contribution in [1.82, 2.24) is 0 Å². The zero-order valence-corrected chi connectivity index (χ0v) is 16.6. The molecule has 0 spiro atoms. The Hall–Kier alpha value is -2.46. The number of ketones is 1. The van der Waals surface area contributed by atoms with E-state index in [9.17, 15) is 9.59 Å². The van der Waals surface area contributed by atoms with E-state index in [-0.39, 0.29) is 25.4 Å². The average Bonchev–Trinajstić information content (AvgIpc) is 2.68. The molecule has 0 N–H and O–H groups in total. The van der Waals surface area contributed by atoms with Gasteiger partial charge in [-0.3, -0.25) is 9.59 Å². The zero-order valence-electron chi connectivity index (χ0n) is 16.6. The number of Topliss-reactive ketones (excluding diaryl/α,β-unsaturated/α-hetero) is 1. The summed E-state index contributed by atoms with van der Waals surface area (Å²) in [6.07, 6.45) is 7.59. The summed E-state index contributed by atoms with van der Waals surface area (Å²) in [5.74, 6) is -0.778. The molecule has 0 radical (unpaired) electrons. The first-order valence-corrected chi connectivity index (χ1v) is 9.21. The summed E-state index contributed by atoms with van der Waals surface area (Å²) in [4.78, 5) is 25.9. The summed E-state index contributed by atoms with van der Waals surface area (Å²) >= 11 is 0. The number of ether oxygens (including phenoxy) is 2. The molecule has 1 aromatic carbocycles. The molecule has 0 heterocycles. The number of hydrogen-bond acceptors (Lipinski definition) is 4. The number of allylic oxidation sites excluding steroid dienone is 5. The molecule has 1 unspecified atom stereocenters. The van der Waals surface area contributed by atoms with Crippen LogP contribution >= 0.6 is 0 Å². The van der Waals surface area contributed by atoms with Crippen LogP contribution < -0.4 is 0 Å². The Labute approximate surface area is 162 Å². The van der Waals surface area contributed by atoms with Crippen molar-refractivity contribution in [1.29, 1.82) is 0 Å². The molecule has 0 saturated heterocycles. The van der Waals surface area contributed by atoms with E-state index >= 15 is 0 Å². The second-order valence-electron chi connectivity index (χ2n) is 6.38. The van der Waals surface area contributed by atoms with Crippen molar-refractivity contribution in [3.63, 3.8) is 0 Å². The minimum absolute atomic E-state index is 0.146. The van der Waals surface area contributed by atoms with Crippen molar-refractivity contribution < 1.29 is 19.1 Å². The van der Waals surface area contributed by atoms with E-state index in [4.69, 9.17) is 9.47 Å². The Balaban J connectivity index is 3.02. The lowest BCUT2D eigenvalue weighted by atomic mass is 9.75. The van der Waals surface area contributed by atoms with Crippen molar-refractivity contribution >= 4 is 11.8 Å². The maximum Gasteiger partial charge on any atom is 0.320 e. The lowest BCUT2D eigenvalue weighted by Gasteiger charge is -2.29. The SMILES string of the molecule is C=C/C=C/CC(C/C(C)=C/C)(C(=O)COCc1ccccc1)C(=O)OCC. The van der Waals surface area contributed by atoms with Gasteiger partial charge in [-0.1, -0.05) is 66.8 Å². The van der Waals surface area contributed by atoms with Crippen molar-refractivity contribution in [3.8, 4) is 0 Å². The number of benzene rings is 1. The highest BCUT2D eigenvalue weighted by atomic mass is 16.5. The predicted octanol–water partition coefficient (Wildman–Crippen LogP) is 4.81. The van der Waals surface area contributed by atoms with Gasteiger partial charge in [0.1, 0.15) is 12.0 Å². The highest BCUT2D eigenvalue weighted by Gasteiger charge is 2.45. The summed E-state index contributed by atoms with van der Waals surface area (Å²) in [5, 5.41) is 0. The lowest BCUT2D eigenvalue weighted by Crippen LogP contribution is -2.43. The predicted molar refractivity (Wildman–Crippen MR) is 108 cm³/mol. The van der Waals surface area contributed by atoms with Crippen molar-refractivity contribution in [3.05, 3.63) is 72.4 Å². The minimum atomic E-state index is -1.29. The van der Waals surface area contributed by atoms with E-state index in [0.717, 1.165) is 11.1 Å². The van der Waals surface area contributed by atoms with Gasteiger partial charge in [-0.25, -0.2) is 0 Å². The molecule has 1 aromatic rings. The van der Waals surface area contributed by atoms with Crippen LogP contribution in [0.5, 0.6) is 0 Å². The molecule has 0 amide bonds. The maximum atomic E-state index is 13.1. The van der Waals surface area contributed by atoms with Crippen LogP contribution in [0.1, 0.15) is 39.2 Å². The molecule has 0 bridgehead atoms. The molecule has 146 valence electrons. The molecule has 4 nitrogen and oxygen atoms in total. The highest BCUT2D eigenvalue weighted by Crippen LogP contribution is 2.34.